The first-order valence-corrected chi connectivity index (χ1v) is 5.24. The summed E-state index contributed by atoms with van der Waals surface area (Å²) in [7, 11) is 0. The summed E-state index contributed by atoms with van der Waals surface area (Å²) < 4.78 is 16.5. The second-order valence-electron chi connectivity index (χ2n) is 4.33. The van der Waals surface area contributed by atoms with E-state index in [1.54, 1.807) is 0 Å². The smallest absolute Gasteiger partial charge is 0.161 e. The molecule has 0 aliphatic carbocycles. The Labute approximate surface area is 89.0 Å². The van der Waals surface area contributed by atoms with Crippen molar-refractivity contribution in [2.75, 3.05) is 19.8 Å². The predicted molar refractivity (Wildman–Crippen MR) is 55.5 cm³/mol. The van der Waals surface area contributed by atoms with Crippen molar-refractivity contribution < 1.29 is 14.2 Å². The van der Waals surface area contributed by atoms with Crippen LogP contribution in [-0.2, 0) is 10.3 Å². The van der Waals surface area contributed by atoms with Crippen LogP contribution >= 0.6 is 0 Å². The Kier molecular flexibility index (Phi) is 1.74. The minimum atomic E-state index is -0.0973. The van der Waals surface area contributed by atoms with Crippen LogP contribution in [0.5, 0.6) is 11.5 Å². The third-order valence-electron chi connectivity index (χ3n) is 3.04. The SMILES string of the molecule is Cc1cc2c(cc1C1(C)CO1)OCCO2. The summed E-state index contributed by atoms with van der Waals surface area (Å²) in [6.07, 6.45) is 0. The van der Waals surface area contributed by atoms with Gasteiger partial charge in [-0.15, -0.1) is 0 Å². The van der Waals surface area contributed by atoms with Crippen LogP contribution < -0.4 is 9.47 Å². The average molecular weight is 206 g/mol. The summed E-state index contributed by atoms with van der Waals surface area (Å²) in [5.74, 6) is 1.70. The summed E-state index contributed by atoms with van der Waals surface area (Å²) in [4.78, 5) is 0. The Morgan fingerprint density at radius 3 is 2.33 bits per heavy atom. The molecule has 0 spiro atoms. The van der Waals surface area contributed by atoms with Crippen LogP contribution in [-0.4, -0.2) is 19.8 Å². The van der Waals surface area contributed by atoms with Gasteiger partial charge in [-0.3, -0.25) is 0 Å². The van der Waals surface area contributed by atoms with E-state index < -0.39 is 0 Å². The zero-order valence-electron chi connectivity index (χ0n) is 9.00. The number of fused-ring (bicyclic) bond motifs is 1. The molecule has 80 valence electrons. The van der Waals surface area contributed by atoms with Crippen LogP contribution in [0.1, 0.15) is 18.1 Å². The molecule has 0 amide bonds. The van der Waals surface area contributed by atoms with Crippen molar-refractivity contribution in [3.63, 3.8) is 0 Å². The van der Waals surface area contributed by atoms with E-state index in [-0.39, 0.29) is 5.60 Å². The summed E-state index contributed by atoms with van der Waals surface area (Å²) in [5.41, 5.74) is 2.32. The number of hydrogen-bond donors (Lipinski definition) is 0. The molecule has 2 aliphatic heterocycles. The summed E-state index contributed by atoms with van der Waals surface area (Å²) in [6, 6.07) is 4.09. The fraction of sp³-hybridized carbons (Fsp3) is 0.500. The van der Waals surface area contributed by atoms with E-state index in [0.29, 0.717) is 13.2 Å². The van der Waals surface area contributed by atoms with Crippen LogP contribution in [0.2, 0.25) is 0 Å². The molecular weight excluding hydrogens is 192 g/mol. The molecule has 2 aliphatic rings. The highest BCUT2D eigenvalue weighted by Crippen LogP contribution is 2.44. The fourth-order valence-electron chi connectivity index (χ4n) is 2.02. The molecule has 15 heavy (non-hydrogen) atoms. The van der Waals surface area contributed by atoms with E-state index in [1.165, 1.54) is 11.1 Å². The highest BCUT2D eigenvalue weighted by Gasteiger charge is 2.42. The molecule has 0 radical (unpaired) electrons. The lowest BCUT2D eigenvalue weighted by molar-refractivity contribution is 0.171. The zero-order chi connectivity index (χ0) is 10.5. The van der Waals surface area contributed by atoms with Crippen molar-refractivity contribution in [2.45, 2.75) is 19.4 Å². The van der Waals surface area contributed by atoms with E-state index in [4.69, 9.17) is 14.2 Å². The molecule has 0 aromatic heterocycles. The van der Waals surface area contributed by atoms with Crippen LogP contribution in [0.4, 0.5) is 0 Å². The summed E-state index contributed by atoms with van der Waals surface area (Å²) in [6.45, 7) is 6.26. The molecule has 0 saturated carbocycles. The Hall–Kier alpha value is -1.22. The highest BCUT2D eigenvalue weighted by atomic mass is 16.6. The molecule has 3 nitrogen and oxygen atoms in total. The maximum atomic E-state index is 5.56. The maximum Gasteiger partial charge on any atom is 0.161 e. The van der Waals surface area contributed by atoms with Crippen molar-refractivity contribution in [3.05, 3.63) is 23.3 Å². The van der Waals surface area contributed by atoms with Gasteiger partial charge in [0.15, 0.2) is 11.5 Å². The standard InChI is InChI=1S/C12H14O3/c1-8-5-10-11(14-4-3-13-10)6-9(8)12(2)7-15-12/h5-6H,3-4,7H2,1-2H3. The first-order chi connectivity index (χ1) is 7.19. The van der Waals surface area contributed by atoms with E-state index >= 15 is 0 Å². The molecule has 1 atom stereocenters. The second-order valence-corrected chi connectivity index (χ2v) is 4.33. The maximum absolute atomic E-state index is 5.56. The number of benzene rings is 1. The van der Waals surface area contributed by atoms with Crippen LogP contribution in [0, 0.1) is 6.92 Å². The van der Waals surface area contributed by atoms with E-state index in [2.05, 4.69) is 19.9 Å². The van der Waals surface area contributed by atoms with Crippen LogP contribution in [0.3, 0.4) is 0 Å². The summed E-state index contributed by atoms with van der Waals surface area (Å²) in [5, 5.41) is 0. The molecule has 1 saturated heterocycles. The molecule has 3 rings (SSSR count). The van der Waals surface area contributed by atoms with Gasteiger partial charge in [0.25, 0.3) is 0 Å². The number of rotatable bonds is 1. The van der Waals surface area contributed by atoms with Gasteiger partial charge < -0.3 is 14.2 Å². The topological polar surface area (TPSA) is 31.0 Å². The summed E-state index contributed by atoms with van der Waals surface area (Å²) >= 11 is 0. The van der Waals surface area contributed by atoms with Crippen LogP contribution in [0.25, 0.3) is 0 Å². The normalized spacial score (nSPS) is 27.6. The first kappa shape index (κ1) is 9.04. The predicted octanol–water partition coefficient (Wildman–Crippen LogP) is 2.01. The molecular formula is C12H14O3. The number of epoxide rings is 1. The zero-order valence-corrected chi connectivity index (χ0v) is 9.00. The lowest BCUT2D eigenvalue weighted by Crippen LogP contribution is -2.17. The van der Waals surface area contributed by atoms with Crippen molar-refractivity contribution in [3.8, 4) is 11.5 Å². The van der Waals surface area contributed by atoms with Gasteiger partial charge in [-0.1, -0.05) is 0 Å². The monoisotopic (exact) mass is 206 g/mol. The third-order valence-corrected chi connectivity index (χ3v) is 3.04. The van der Waals surface area contributed by atoms with Crippen molar-refractivity contribution in [2.24, 2.45) is 0 Å². The fourth-order valence-corrected chi connectivity index (χ4v) is 2.02. The van der Waals surface area contributed by atoms with Gasteiger partial charge in [-0.2, -0.15) is 0 Å². The van der Waals surface area contributed by atoms with Crippen LogP contribution in [0.15, 0.2) is 12.1 Å². The Morgan fingerprint density at radius 2 is 1.73 bits per heavy atom. The van der Waals surface area contributed by atoms with E-state index in [1.807, 2.05) is 6.07 Å². The van der Waals surface area contributed by atoms with Gasteiger partial charge in [0.2, 0.25) is 0 Å². The van der Waals surface area contributed by atoms with Gasteiger partial charge in [-0.25, -0.2) is 0 Å². The van der Waals surface area contributed by atoms with Gasteiger partial charge in [0, 0.05) is 0 Å². The molecule has 3 heteroatoms. The average Bonchev–Trinajstić information content (AvgIpc) is 2.96. The van der Waals surface area contributed by atoms with Crippen molar-refractivity contribution in [1.82, 2.24) is 0 Å². The van der Waals surface area contributed by atoms with E-state index in [9.17, 15) is 0 Å². The minimum Gasteiger partial charge on any atom is -0.486 e. The molecule has 0 bridgehead atoms. The van der Waals surface area contributed by atoms with Crippen molar-refractivity contribution >= 4 is 0 Å². The lowest BCUT2D eigenvalue weighted by atomic mass is 9.96. The molecule has 1 unspecified atom stereocenters. The lowest BCUT2D eigenvalue weighted by Gasteiger charge is -2.21. The Balaban J connectivity index is 2.08. The molecule has 0 N–H and O–H groups in total. The third kappa shape index (κ3) is 1.38. The highest BCUT2D eigenvalue weighted by molar-refractivity contribution is 5.50. The Morgan fingerprint density at radius 1 is 1.13 bits per heavy atom. The minimum absolute atomic E-state index is 0.0973. The van der Waals surface area contributed by atoms with E-state index in [0.717, 1.165) is 18.1 Å². The number of aryl methyl sites for hydroxylation is 1. The molecule has 2 heterocycles. The van der Waals surface area contributed by atoms with Gasteiger partial charge in [0.1, 0.15) is 18.8 Å². The van der Waals surface area contributed by atoms with Gasteiger partial charge in [0.05, 0.1) is 6.61 Å². The largest absolute Gasteiger partial charge is 0.486 e. The van der Waals surface area contributed by atoms with Gasteiger partial charge >= 0.3 is 0 Å². The number of hydrogen-bond acceptors (Lipinski definition) is 3. The Bertz CT molecular complexity index is 408. The first-order valence-electron chi connectivity index (χ1n) is 5.24. The van der Waals surface area contributed by atoms with Crippen molar-refractivity contribution in [1.29, 1.82) is 0 Å². The second kappa shape index (κ2) is 2.89. The van der Waals surface area contributed by atoms with Gasteiger partial charge in [-0.05, 0) is 37.1 Å². The molecule has 1 aromatic carbocycles. The molecule has 1 aromatic rings. The number of ether oxygens (including phenoxy) is 3. The quantitative estimate of drug-likeness (QED) is 0.658. The molecule has 1 fully saturated rings.